The molecule has 1 saturated carbocycles. The van der Waals surface area contributed by atoms with E-state index in [9.17, 15) is 4.79 Å². The fraction of sp³-hybridized carbons (Fsp3) is 0.500. The molecule has 0 radical (unpaired) electrons. The van der Waals surface area contributed by atoms with Crippen molar-refractivity contribution in [1.82, 2.24) is 10.2 Å². The smallest absolute Gasteiger partial charge is 0.238 e. The van der Waals surface area contributed by atoms with Crippen molar-refractivity contribution in [3.05, 3.63) is 64.7 Å². The van der Waals surface area contributed by atoms with Gasteiger partial charge in [-0.15, -0.1) is 0 Å². The van der Waals surface area contributed by atoms with Crippen LogP contribution in [-0.2, 0) is 14.9 Å². The molecule has 1 aliphatic carbocycles. The minimum Gasteiger partial charge on any atom is -0.373 e. The second kappa shape index (κ2) is 8.79. The normalized spacial score (nSPS) is 29.5. The first-order valence-corrected chi connectivity index (χ1v) is 12.1. The Balaban J connectivity index is 1.20. The van der Waals surface area contributed by atoms with Gasteiger partial charge in [0.15, 0.2) is 0 Å². The van der Waals surface area contributed by atoms with E-state index in [0.29, 0.717) is 18.8 Å². The van der Waals surface area contributed by atoms with Crippen molar-refractivity contribution >= 4 is 23.2 Å². The van der Waals surface area contributed by atoms with Crippen LogP contribution < -0.4 is 10.2 Å². The molecule has 0 aromatic heterocycles. The highest BCUT2D eigenvalue weighted by atomic mass is 35.5. The van der Waals surface area contributed by atoms with Gasteiger partial charge in [-0.25, -0.2) is 0 Å². The molecular formula is C26H32ClN3O2. The molecule has 32 heavy (non-hydrogen) atoms. The highest BCUT2D eigenvalue weighted by molar-refractivity contribution is 6.30. The van der Waals surface area contributed by atoms with E-state index in [4.69, 9.17) is 16.3 Å². The van der Waals surface area contributed by atoms with Crippen LogP contribution in [0.15, 0.2) is 48.5 Å². The first kappa shape index (κ1) is 21.9. The fourth-order valence-electron chi connectivity index (χ4n) is 5.69. The summed E-state index contributed by atoms with van der Waals surface area (Å²) in [6.07, 6.45) is 1.46. The summed E-state index contributed by atoms with van der Waals surface area (Å²) in [5.74, 6) is 0.480. The van der Waals surface area contributed by atoms with Gasteiger partial charge in [0, 0.05) is 55.9 Å². The molecular weight excluding hydrogens is 422 g/mol. The van der Waals surface area contributed by atoms with Gasteiger partial charge < -0.3 is 15.0 Å². The number of carbonyl (C=O) groups is 1. The van der Waals surface area contributed by atoms with E-state index in [1.807, 2.05) is 23.1 Å². The minimum atomic E-state index is -0.398. The number of hydrogen-bond donors (Lipinski definition) is 1. The lowest BCUT2D eigenvalue weighted by Crippen LogP contribution is -2.48. The van der Waals surface area contributed by atoms with Crippen molar-refractivity contribution in [3.63, 3.8) is 0 Å². The van der Waals surface area contributed by atoms with Crippen molar-refractivity contribution in [2.45, 2.75) is 43.8 Å². The zero-order chi connectivity index (χ0) is 22.3. The second-order valence-electron chi connectivity index (χ2n) is 9.52. The lowest BCUT2D eigenvalue weighted by molar-refractivity contribution is -0.120. The molecule has 0 bridgehead atoms. The average Bonchev–Trinajstić information content (AvgIpc) is 3.47. The number of halogens is 1. The van der Waals surface area contributed by atoms with Gasteiger partial charge in [0.05, 0.1) is 17.6 Å². The van der Waals surface area contributed by atoms with Gasteiger partial charge in [-0.1, -0.05) is 41.9 Å². The number of carbonyl (C=O) groups excluding carboxylic acids is 1. The van der Waals surface area contributed by atoms with Crippen LogP contribution in [0.2, 0.25) is 5.02 Å². The van der Waals surface area contributed by atoms with E-state index in [2.05, 4.69) is 54.4 Å². The average molecular weight is 454 g/mol. The Labute approximate surface area is 195 Å². The Morgan fingerprint density at radius 1 is 1.03 bits per heavy atom. The summed E-state index contributed by atoms with van der Waals surface area (Å²) in [6.45, 7) is 9.65. The largest absolute Gasteiger partial charge is 0.373 e. The zero-order valence-corrected chi connectivity index (χ0v) is 19.6. The number of para-hydroxylation sites is 1. The van der Waals surface area contributed by atoms with E-state index in [1.54, 1.807) is 0 Å². The van der Waals surface area contributed by atoms with Crippen LogP contribution in [0, 0.1) is 0 Å². The molecule has 1 unspecified atom stereocenters. The molecule has 1 spiro atoms. The third kappa shape index (κ3) is 3.96. The van der Waals surface area contributed by atoms with E-state index in [-0.39, 0.29) is 11.8 Å². The molecule has 6 heteroatoms. The predicted molar refractivity (Wildman–Crippen MR) is 129 cm³/mol. The van der Waals surface area contributed by atoms with Crippen LogP contribution >= 0.6 is 11.6 Å². The van der Waals surface area contributed by atoms with Gasteiger partial charge in [-0.2, -0.15) is 0 Å². The molecule has 1 N–H and O–H groups in total. The predicted octanol–water partition coefficient (Wildman–Crippen LogP) is 3.81. The molecule has 2 aliphatic heterocycles. The Morgan fingerprint density at radius 3 is 2.47 bits per heavy atom. The van der Waals surface area contributed by atoms with E-state index < -0.39 is 5.41 Å². The number of rotatable bonds is 7. The van der Waals surface area contributed by atoms with Gasteiger partial charge in [0.1, 0.15) is 0 Å². The van der Waals surface area contributed by atoms with Crippen molar-refractivity contribution in [2.75, 3.05) is 44.2 Å². The maximum absolute atomic E-state index is 13.6. The first-order chi connectivity index (χ1) is 15.5. The zero-order valence-electron chi connectivity index (χ0n) is 18.9. The highest BCUT2D eigenvalue weighted by Gasteiger charge is 2.66. The number of hydrogen-bond acceptors (Lipinski definition) is 4. The summed E-state index contributed by atoms with van der Waals surface area (Å²) < 4.78 is 5.82. The Hall–Kier alpha value is -1.92. The van der Waals surface area contributed by atoms with Gasteiger partial charge >= 0.3 is 0 Å². The van der Waals surface area contributed by atoms with Crippen molar-refractivity contribution in [1.29, 1.82) is 0 Å². The lowest BCUT2D eigenvalue weighted by Gasteiger charge is -2.35. The van der Waals surface area contributed by atoms with Crippen molar-refractivity contribution in [2.24, 2.45) is 0 Å². The summed E-state index contributed by atoms with van der Waals surface area (Å²) in [5, 5.41) is 4.28. The topological polar surface area (TPSA) is 44.8 Å². The third-order valence-electron chi connectivity index (χ3n) is 7.15. The lowest BCUT2D eigenvalue weighted by atomic mass is 9.92. The number of benzene rings is 2. The van der Waals surface area contributed by atoms with Crippen molar-refractivity contribution < 1.29 is 9.53 Å². The molecule has 2 heterocycles. The Bertz CT molecular complexity index is 971. The number of amides is 1. The van der Waals surface area contributed by atoms with E-state index >= 15 is 0 Å². The van der Waals surface area contributed by atoms with Gasteiger partial charge in [-0.05, 0) is 49.6 Å². The highest BCUT2D eigenvalue weighted by Crippen LogP contribution is 2.66. The van der Waals surface area contributed by atoms with Gasteiger partial charge in [-0.3, -0.25) is 9.69 Å². The van der Waals surface area contributed by atoms with Gasteiger partial charge in [0.25, 0.3) is 0 Å². The Kier molecular flexibility index (Phi) is 6.01. The van der Waals surface area contributed by atoms with E-state index in [1.165, 1.54) is 11.1 Å². The SMILES string of the molecule is CC1CN(CCNCCN2C(=O)[C@@]3(C[C@H]3c3ccc(Cl)cc3)c3ccccc32)C[C@@H](C)O1. The maximum atomic E-state index is 13.6. The molecule has 1 saturated heterocycles. The molecule has 1 amide bonds. The molecule has 5 nitrogen and oxygen atoms in total. The summed E-state index contributed by atoms with van der Waals surface area (Å²) in [6, 6.07) is 16.3. The van der Waals surface area contributed by atoms with Crippen LogP contribution in [0.25, 0.3) is 0 Å². The number of anilines is 1. The maximum Gasteiger partial charge on any atom is 0.238 e. The molecule has 2 aromatic rings. The standard InChI is InChI=1S/C26H32ClN3O2/c1-18-16-29(17-19(2)32-18)13-11-28-12-14-30-24-6-4-3-5-22(24)26(25(30)31)15-23(26)20-7-9-21(27)10-8-20/h3-10,18-19,23,28H,11-17H2,1-2H3/t18-,19?,23+,26+/m1/s1. The molecule has 5 rings (SSSR count). The molecule has 2 aromatic carbocycles. The van der Waals surface area contributed by atoms with Gasteiger partial charge in [0.2, 0.25) is 5.91 Å². The van der Waals surface area contributed by atoms with Crippen LogP contribution in [0.4, 0.5) is 5.69 Å². The monoisotopic (exact) mass is 453 g/mol. The number of nitrogens with zero attached hydrogens (tertiary/aromatic N) is 2. The van der Waals surface area contributed by atoms with Crippen LogP contribution in [-0.4, -0.2) is 62.3 Å². The summed E-state index contributed by atoms with van der Waals surface area (Å²) in [5.41, 5.74) is 3.06. The number of morpholine rings is 1. The van der Waals surface area contributed by atoms with Crippen LogP contribution in [0.3, 0.4) is 0 Å². The van der Waals surface area contributed by atoms with E-state index in [0.717, 1.165) is 49.9 Å². The summed E-state index contributed by atoms with van der Waals surface area (Å²) >= 11 is 6.08. The molecule has 170 valence electrons. The van der Waals surface area contributed by atoms with Crippen LogP contribution in [0.1, 0.15) is 37.3 Å². The molecule has 2 fully saturated rings. The summed E-state index contributed by atoms with van der Waals surface area (Å²) in [7, 11) is 0. The van der Waals surface area contributed by atoms with Crippen LogP contribution in [0.5, 0.6) is 0 Å². The minimum absolute atomic E-state index is 0.233. The van der Waals surface area contributed by atoms with Crippen molar-refractivity contribution in [3.8, 4) is 0 Å². The number of nitrogens with one attached hydrogen (secondary N) is 1. The molecule has 3 aliphatic rings. The molecule has 4 atom stereocenters. The quantitative estimate of drug-likeness (QED) is 0.647. The Morgan fingerprint density at radius 2 is 1.72 bits per heavy atom. The fourth-order valence-corrected chi connectivity index (χ4v) is 5.81. The second-order valence-corrected chi connectivity index (χ2v) is 9.96. The number of fused-ring (bicyclic) bond motifs is 2. The first-order valence-electron chi connectivity index (χ1n) is 11.7. The summed E-state index contributed by atoms with van der Waals surface area (Å²) in [4.78, 5) is 18.1. The third-order valence-corrected chi connectivity index (χ3v) is 7.40. The number of ether oxygens (including phenoxy) is 1.